The average molecular weight is 330 g/mol. The van der Waals surface area contributed by atoms with Crippen LogP contribution in [-0.4, -0.2) is 15.7 Å². The van der Waals surface area contributed by atoms with Gasteiger partial charge >= 0.3 is 0 Å². The van der Waals surface area contributed by atoms with Crippen LogP contribution in [0.15, 0.2) is 34.9 Å². The van der Waals surface area contributed by atoms with Crippen LogP contribution in [0, 0.1) is 0 Å². The molecule has 0 bridgehead atoms. The molecule has 0 spiro atoms. The molecule has 0 atom stereocenters. The van der Waals surface area contributed by atoms with Crippen molar-refractivity contribution in [1.82, 2.24) is 9.78 Å². The van der Waals surface area contributed by atoms with Crippen LogP contribution in [0.25, 0.3) is 0 Å². The maximum Gasteiger partial charge on any atom is 0.246 e. The Morgan fingerprint density at radius 1 is 1.50 bits per heavy atom. The number of carbonyl (C=O) groups excluding carboxylic acids is 1. The number of nitrogen functional groups attached to an aromatic ring is 1. The number of anilines is 2. The highest BCUT2D eigenvalue weighted by Crippen LogP contribution is 2.25. The molecule has 7 heteroatoms. The van der Waals surface area contributed by atoms with E-state index in [1.54, 1.807) is 30.5 Å². The van der Waals surface area contributed by atoms with Crippen molar-refractivity contribution in [3.63, 3.8) is 0 Å². The first-order valence-electron chi connectivity index (χ1n) is 5.08. The molecule has 94 valence electrons. The summed E-state index contributed by atoms with van der Waals surface area (Å²) >= 11 is 9.21. The Hall–Kier alpha value is -1.53. The molecule has 0 aliphatic rings. The Morgan fingerprint density at radius 3 is 2.89 bits per heavy atom. The number of aromatic nitrogens is 2. The Morgan fingerprint density at radius 2 is 2.28 bits per heavy atom. The van der Waals surface area contributed by atoms with Gasteiger partial charge in [0.05, 0.1) is 5.02 Å². The van der Waals surface area contributed by atoms with Gasteiger partial charge in [-0.3, -0.25) is 9.48 Å². The van der Waals surface area contributed by atoms with Crippen LogP contribution in [-0.2, 0) is 11.3 Å². The second-order valence-electron chi connectivity index (χ2n) is 3.62. The monoisotopic (exact) mass is 328 g/mol. The van der Waals surface area contributed by atoms with E-state index in [9.17, 15) is 4.79 Å². The van der Waals surface area contributed by atoms with Crippen molar-refractivity contribution in [1.29, 1.82) is 0 Å². The van der Waals surface area contributed by atoms with E-state index >= 15 is 0 Å². The number of nitrogens with zero attached hydrogens (tertiary/aromatic N) is 2. The average Bonchev–Trinajstić information content (AvgIpc) is 2.69. The minimum Gasteiger partial charge on any atom is -0.382 e. The molecular formula is C11H10BrClN4O. The molecular weight excluding hydrogens is 320 g/mol. The highest BCUT2D eigenvalue weighted by Gasteiger charge is 2.06. The standard InChI is InChI=1S/C11H10BrClN4O/c12-8-2-1-7(5-9(8)13)15-11(18)6-17-4-3-10(14)16-17/h1-5H,6H2,(H2,14,16)(H,15,18). The molecule has 0 radical (unpaired) electrons. The molecule has 0 unspecified atom stereocenters. The van der Waals surface area contributed by atoms with Crippen molar-refractivity contribution in [2.75, 3.05) is 11.1 Å². The van der Waals surface area contributed by atoms with Crippen molar-refractivity contribution in [3.8, 4) is 0 Å². The number of benzene rings is 1. The first-order chi connectivity index (χ1) is 8.54. The van der Waals surface area contributed by atoms with Gasteiger partial charge in [-0.25, -0.2) is 0 Å². The highest BCUT2D eigenvalue weighted by molar-refractivity contribution is 9.10. The Kier molecular flexibility index (Phi) is 3.88. The summed E-state index contributed by atoms with van der Waals surface area (Å²) in [7, 11) is 0. The number of nitrogens with two attached hydrogens (primary N) is 1. The molecule has 0 saturated heterocycles. The molecule has 0 aliphatic heterocycles. The fourth-order valence-corrected chi connectivity index (χ4v) is 1.81. The summed E-state index contributed by atoms with van der Waals surface area (Å²) in [5.74, 6) is 0.186. The van der Waals surface area contributed by atoms with Crippen LogP contribution in [0.4, 0.5) is 11.5 Å². The van der Waals surface area contributed by atoms with Gasteiger partial charge in [-0.15, -0.1) is 0 Å². The van der Waals surface area contributed by atoms with E-state index in [4.69, 9.17) is 17.3 Å². The molecule has 1 amide bonds. The number of hydrogen-bond acceptors (Lipinski definition) is 3. The van der Waals surface area contributed by atoms with Gasteiger partial charge in [0, 0.05) is 16.4 Å². The first-order valence-corrected chi connectivity index (χ1v) is 6.25. The minimum absolute atomic E-state index is 0.102. The zero-order valence-electron chi connectivity index (χ0n) is 9.23. The third-order valence-corrected chi connectivity index (χ3v) is 3.40. The smallest absolute Gasteiger partial charge is 0.246 e. The Balaban J connectivity index is 2.00. The molecule has 3 N–H and O–H groups in total. The van der Waals surface area contributed by atoms with Gasteiger partial charge in [0.1, 0.15) is 12.4 Å². The maximum atomic E-state index is 11.7. The van der Waals surface area contributed by atoms with E-state index in [0.717, 1.165) is 4.47 Å². The van der Waals surface area contributed by atoms with Crippen LogP contribution < -0.4 is 11.1 Å². The predicted molar refractivity (Wildman–Crippen MR) is 74.4 cm³/mol. The topological polar surface area (TPSA) is 72.9 Å². The lowest BCUT2D eigenvalue weighted by Gasteiger charge is -2.06. The Labute approximate surface area is 117 Å². The van der Waals surface area contributed by atoms with Crippen LogP contribution in [0.1, 0.15) is 0 Å². The molecule has 5 nitrogen and oxygen atoms in total. The summed E-state index contributed by atoms with van der Waals surface area (Å²) in [5.41, 5.74) is 6.09. The number of carbonyl (C=O) groups is 1. The fraction of sp³-hybridized carbons (Fsp3) is 0.0909. The van der Waals surface area contributed by atoms with Crippen molar-refractivity contribution >= 4 is 44.9 Å². The van der Waals surface area contributed by atoms with Gasteiger partial charge in [0.25, 0.3) is 0 Å². The summed E-state index contributed by atoms with van der Waals surface area (Å²) in [6.07, 6.45) is 1.64. The molecule has 0 saturated carbocycles. The largest absolute Gasteiger partial charge is 0.382 e. The van der Waals surface area contributed by atoms with E-state index in [1.165, 1.54) is 4.68 Å². The van der Waals surface area contributed by atoms with E-state index in [0.29, 0.717) is 16.5 Å². The van der Waals surface area contributed by atoms with Crippen molar-refractivity contribution in [2.45, 2.75) is 6.54 Å². The van der Waals surface area contributed by atoms with Crippen LogP contribution in [0.3, 0.4) is 0 Å². The summed E-state index contributed by atoms with van der Waals surface area (Å²) < 4.78 is 2.24. The minimum atomic E-state index is -0.198. The van der Waals surface area contributed by atoms with Crippen molar-refractivity contribution in [3.05, 3.63) is 40.0 Å². The van der Waals surface area contributed by atoms with E-state index in [1.807, 2.05) is 0 Å². The zero-order chi connectivity index (χ0) is 13.1. The number of hydrogen-bond donors (Lipinski definition) is 2. The summed E-state index contributed by atoms with van der Waals surface area (Å²) in [5, 5.41) is 7.18. The highest BCUT2D eigenvalue weighted by atomic mass is 79.9. The molecule has 1 aromatic carbocycles. The van der Waals surface area contributed by atoms with Crippen molar-refractivity contribution < 1.29 is 4.79 Å². The van der Waals surface area contributed by atoms with Gasteiger partial charge in [-0.05, 0) is 40.2 Å². The number of halogens is 2. The van der Waals surface area contributed by atoms with E-state index in [-0.39, 0.29) is 12.5 Å². The van der Waals surface area contributed by atoms with Crippen LogP contribution in [0.5, 0.6) is 0 Å². The number of amides is 1. The zero-order valence-corrected chi connectivity index (χ0v) is 11.6. The van der Waals surface area contributed by atoms with Gasteiger partial charge in [0.15, 0.2) is 0 Å². The quantitative estimate of drug-likeness (QED) is 0.909. The lowest BCUT2D eigenvalue weighted by Crippen LogP contribution is -2.19. The van der Waals surface area contributed by atoms with Gasteiger partial charge in [-0.2, -0.15) is 5.10 Å². The normalized spacial score (nSPS) is 10.3. The van der Waals surface area contributed by atoms with E-state index in [2.05, 4.69) is 26.3 Å². The first kappa shape index (κ1) is 12.9. The molecule has 2 aromatic rings. The lowest BCUT2D eigenvalue weighted by molar-refractivity contribution is -0.116. The van der Waals surface area contributed by atoms with Crippen LogP contribution in [0.2, 0.25) is 5.02 Å². The fourth-order valence-electron chi connectivity index (χ4n) is 1.39. The van der Waals surface area contributed by atoms with E-state index < -0.39 is 0 Å². The summed E-state index contributed by atoms with van der Waals surface area (Å²) in [6, 6.07) is 6.82. The van der Waals surface area contributed by atoms with Gasteiger partial charge < -0.3 is 11.1 Å². The lowest BCUT2D eigenvalue weighted by atomic mass is 10.3. The second-order valence-corrected chi connectivity index (χ2v) is 4.88. The van der Waals surface area contributed by atoms with Gasteiger partial charge in [-0.1, -0.05) is 11.6 Å². The third-order valence-electron chi connectivity index (χ3n) is 2.17. The summed E-state index contributed by atoms with van der Waals surface area (Å²) in [4.78, 5) is 11.7. The van der Waals surface area contributed by atoms with Crippen LogP contribution >= 0.6 is 27.5 Å². The SMILES string of the molecule is Nc1ccn(CC(=O)Nc2ccc(Br)c(Cl)c2)n1. The Bertz CT molecular complexity index is 584. The number of nitrogens with one attached hydrogen (secondary N) is 1. The second kappa shape index (κ2) is 5.41. The predicted octanol–water partition coefficient (Wildman–Crippen LogP) is 2.52. The van der Waals surface area contributed by atoms with Crippen molar-refractivity contribution in [2.24, 2.45) is 0 Å². The van der Waals surface area contributed by atoms with Gasteiger partial charge in [0.2, 0.25) is 5.91 Å². The molecule has 0 aliphatic carbocycles. The molecule has 18 heavy (non-hydrogen) atoms. The summed E-state index contributed by atoms with van der Waals surface area (Å²) in [6.45, 7) is 0.102. The number of rotatable bonds is 3. The molecule has 0 fully saturated rings. The third kappa shape index (κ3) is 3.24. The molecule has 1 aromatic heterocycles. The molecule has 1 heterocycles. The maximum absolute atomic E-state index is 11.7. The molecule has 2 rings (SSSR count).